The molecule has 1 unspecified atom stereocenters. The maximum atomic E-state index is 12.0. The van der Waals surface area contributed by atoms with Crippen LogP contribution in [0.15, 0.2) is 24.3 Å². The normalized spacial score (nSPS) is 18.2. The standard InChI is InChI=1S/C16H21N3O2/c1-19(11-14-7-4-5-9-21-14)12-16(20)18-15-8-3-2-6-13(15)10-17/h2-3,6,8,14H,4-5,7,9,11-12H2,1H3,(H,18,20). The summed E-state index contributed by atoms with van der Waals surface area (Å²) in [6, 6.07) is 9.08. The lowest BCUT2D eigenvalue weighted by molar-refractivity contribution is -0.117. The minimum atomic E-state index is -0.115. The van der Waals surface area contributed by atoms with Crippen LogP contribution >= 0.6 is 0 Å². The molecule has 21 heavy (non-hydrogen) atoms. The summed E-state index contributed by atoms with van der Waals surface area (Å²) < 4.78 is 5.67. The second-order valence-corrected chi connectivity index (χ2v) is 5.39. The van der Waals surface area contributed by atoms with Crippen LogP contribution in [0.2, 0.25) is 0 Å². The Morgan fingerprint density at radius 1 is 1.48 bits per heavy atom. The molecule has 1 aliphatic rings. The van der Waals surface area contributed by atoms with Gasteiger partial charge >= 0.3 is 0 Å². The quantitative estimate of drug-likeness (QED) is 0.899. The van der Waals surface area contributed by atoms with Crippen molar-refractivity contribution in [3.05, 3.63) is 29.8 Å². The highest BCUT2D eigenvalue weighted by molar-refractivity contribution is 5.93. The number of carbonyl (C=O) groups is 1. The van der Waals surface area contributed by atoms with Crippen molar-refractivity contribution < 1.29 is 9.53 Å². The molecule has 0 saturated carbocycles. The lowest BCUT2D eigenvalue weighted by Gasteiger charge is -2.27. The van der Waals surface area contributed by atoms with Gasteiger partial charge in [0.05, 0.1) is 23.9 Å². The smallest absolute Gasteiger partial charge is 0.238 e. The Morgan fingerprint density at radius 2 is 2.29 bits per heavy atom. The minimum absolute atomic E-state index is 0.115. The number of nitriles is 1. The van der Waals surface area contributed by atoms with Gasteiger partial charge in [-0.2, -0.15) is 5.26 Å². The molecule has 0 bridgehead atoms. The molecule has 1 amide bonds. The average molecular weight is 287 g/mol. The summed E-state index contributed by atoms with van der Waals surface area (Å²) in [5, 5.41) is 11.8. The van der Waals surface area contributed by atoms with Crippen LogP contribution in [0.1, 0.15) is 24.8 Å². The second kappa shape index (κ2) is 7.77. The van der Waals surface area contributed by atoms with Crippen LogP contribution in [-0.4, -0.2) is 43.7 Å². The van der Waals surface area contributed by atoms with Crippen LogP contribution in [0.25, 0.3) is 0 Å². The number of nitrogens with one attached hydrogen (secondary N) is 1. The molecule has 0 aliphatic carbocycles. The van der Waals surface area contributed by atoms with Crippen molar-refractivity contribution in [1.29, 1.82) is 5.26 Å². The largest absolute Gasteiger partial charge is 0.377 e. The lowest BCUT2D eigenvalue weighted by Crippen LogP contribution is -2.37. The van der Waals surface area contributed by atoms with Crippen LogP contribution in [-0.2, 0) is 9.53 Å². The number of amides is 1. The molecule has 1 N–H and O–H groups in total. The molecule has 0 spiro atoms. The first-order valence-corrected chi connectivity index (χ1v) is 7.28. The van der Waals surface area contributed by atoms with E-state index in [0.717, 1.165) is 26.0 Å². The summed E-state index contributed by atoms with van der Waals surface area (Å²) in [4.78, 5) is 14.0. The summed E-state index contributed by atoms with van der Waals surface area (Å²) in [5.41, 5.74) is 1.04. The zero-order valence-electron chi connectivity index (χ0n) is 12.3. The fourth-order valence-corrected chi connectivity index (χ4v) is 2.49. The van der Waals surface area contributed by atoms with Crippen LogP contribution in [0.4, 0.5) is 5.69 Å². The summed E-state index contributed by atoms with van der Waals surface area (Å²) in [5.74, 6) is -0.115. The highest BCUT2D eigenvalue weighted by Crippen LogP contribution is 2.15. The lowest BCUT2D eigenvalue weighted by atomic mass is 10.1. The van der Waals surface area contributed by atoms with Crippen molar-refractivity contribution in [2.24, 2.45) is 0 Å². The van der Waals surface area contributed by atoms with Gasteiger partial charge in [0.2, 0.25) is 5.91 Å². The number of likely N-dealkylation sites (N-methyl/N-ethyl adjacent to an activating group) is 1. The second-order valence-electron chi connectivity index (χ2n) is 5.39. The number of rotatable bonds is 5. The van der Waals surface area contributed by atoms with E-state index in [1.54, 1.807) is 24.3 Å². The molecule has 0 radical (unpaired) electrons. The molecular formula is C16H21N3O2. The van der Waals surface area contributed by atoms with E-state index in [1.807, 2.05) is 11.9 Å². The van der Waals surface area contributed by atoms with Crippen molar-refractivity contribution in [3.8, 4) is 6.07 Å². The third kappa shape index (κ3) is 4.85. The first kappa shape index (κ1) is 15.5. The topological polar surface area (TPSA) is 65.4 Å². The molecule has 1 aromatic rings. The van der Waals surface area contributed by atoms with Crippen LogP contribution in [0, 0.1) is 11.3 Å². The summed E-state index contributed by atoms with van der Waals surface area (Å²) in [6.07, 6.45) is 3.61. The van der Waals surface area contributed by atoms with Gasteiger partial charge in [0.25, 0.3) is 0 Å². The van der Waals surface area contributed by atoms with Crippen molar-refractivity contribution in [1.82, 2.24) is 4.90 Å². The van der Waals surface area contributed by atoms with Gasteiger partial charge in [0.1, 0.15) is 6.07 Å². The third-order valence-electron chi connectivity index (χ3n) is 3.52. The molecule has 0 aromatic heterocycles. The Labute approximate surface area is 125 Å². The van der Waals surface area contributed by atoms with Gasteiger partial charge in [-0.1, -0.05) is 12.1 Å². The zero-order valence-corrected chi connectivity index (χ0v) is 12.3. The van der Waals surface area contributed by atoms with Gasteiger partial charge in [-0.3, -0.25) is 9.69 Å². The first-order valence-electron chi connectivity index (χ1n) is 7.28. The molecule has 2 rings (SSSR count). The van der Waals surface area contributed by atoms with Crippen LogP contribution in [0.5, 0.6) is 0 Å². The van der Waals surface area contributed by atoms with Crippen molar-refractivity contribution >= 4 is 11.6 Å². The molecule has 1 aliphatic heterocycles. The van der Waals surface area contributed by atoms with E-state index in [2.05, 4.69) is 11.4 Å². The molecule has 1 fully saturated rings. The van der Waals surface area contributed by atoms with Crippen LogP contribution < -0.4 is 5.32 Å². The fourth-order valence-electron chi connectivity index (χ4n) is 2.49. The maximum absolute atomic E-state index is 12.0. The molecule has 1 saturated heterocycles. The number of para-hydroxylation sites is 1. The fraction of sp³-hybridized carbons (Fsp3) is 0.500. The van der Waals surface area contributed by atoms with Crippen LogP contribution in [0.3, 0.4) is 0 Å². The highest BCUT2D eigenvalue weighted by atomic mass is 16.5. The Kier molecular flexibility index (Phi) is 5.73. The van der Waals surface area contributed by atoms with Gasteiger partial charge in [-0.25, -0.2) is 0 Å². The molecule has 5 heteroatoms. The van der Waals surface area contributed by atoms with Gasteiger partial charge in [-0.15, -0.1) is 0 Å². The van der Waals surface area contributed by atoms with E-state index in [-0.39, 0.29) is 12.0 Å². The van der Waals surface area contributed by atoms with E-state index in [4.69, 9.17) is 10.00 Å². The predicted octanol–water partition coefficient (Wildman–Crippen LogP) is 2.00. The van der Waals surface area contributed by atoms with E-state index in [1.165, 1.54) is 6.42 Å². The molecule has 1 aromatic carbocycles. The van der Waals surface area contributed by atoms with Crippen molar-refractivity contribution in [2.45, 2.75) is 25.4 Å². The number of benzene rings is 1. The van der Waals surface area contributed by atoms with Gasteiger partial charge in [0.15, 0.2) is 0 Å². The number of nitrogens with zero attached hydrogens (tertiary/aromatic N) is 2. The molecule has 1 atom stereocenters. The monoisotopic (exact) mass is 287 g/mol. The third-order valence-corrected chi connectivity index (χ3v) is 3.52. The number of hydrogen-bond acceptors (Lipinski definition) is 4. The Balaban J connectivity index is 1.82. The number of hydrogen-bond donors (Lipinski definition) is 1. The molecular weight excluding hydrogens is 266 g/mol. The van der Waals surface area contributed by atoms with E-state index in [0.29, 0.717) is 17.8 Å². The maximum Gasteiger partial charge on any atom is 0.238 e. The van der Waals surface area contributed by atoms with Gasteiger partial charge in [0, 0.05) is 13.2 Å². The highest BCUT2D eigenvalue weighted by Gasteiger charge is 2.17. The Hall–Kier alpha value is -1.90. The predicted molar refractivity (Wildman–Crippen MR) is 80.9 cm³/mol. The first-order chi connectivity index (χ1) is 10.2. The number of anilines is 1. The molecule has 5 nitrogen and oxygen atoms in total. The SMILES string of the molecule is CN(CC(=O)Nc1ccccc1C#N)CC1CCCCO1. The Morgan fingerprint density at radius 3 is 3.00 bits per heavy atom. The summed E-state index contributed by atoms with van der Waals surface area (Å²) in [7, 11) is 1.91. The van der Waals surface area contributed by atoms with Gasteiger partial charge in [-0.05, 0) is 38.4 Å². The summed E-state index contributed by atoms with van der Waals surface area (Å²) >= 11 is 0. The zero-order chi connectivity index (χ0) is 15.1. The molecule has 1 heterocycles. The van der Waals surface area contributed by atoms with E-state index < -0.39 is 0 Å². The molecule has 112 valence electrons. The Bertz CT molecular complexity index is 518. The number of ether oxygens (including phenoxy) is 1. The van der Waals surface area contributed by atoms with Gasteiger partial charge < -0.3 is 10.1 Å². The van der Waals surface area contributed by atoms with Crippen molar-refractivity contribution in [2.75, 3.05) is 32.1 Å². The van der Waals surface area contributed by atoms with E-state index in [9.17, 15) is 4.79 Å². The average Bonchev–Trinajstić information content (AvgIpc) is 2.48. The van der Waals surface area contributed by atoms with E-state index >= 15 is 0 Å². The summed E-state index contributed by atoms with van der Waals surface area (Å²) in [6.45, 7) is 1.87. The van der Waals surface area contributed by atoms with Crippen molar-refractivity contribution in [3.63, 3.8) is 0 Å². The number of carbonyl (C=O) groups excluding carboxylic acids is 1. The minimum Gasteiger partial charge on any atom is -0.377 e.